The molecule has 2 fully saturated rings. The Labute approximate surface area is 137 Å². The van der Waals surface area contributed by atoms with E-state index in [4.69, 9.17) is 16.3 Å². The van der Waals surface area contributed by atoms with Crippen molar-refractivity contribution >= 4 is 23.6 Å². The van der Waals surface area contributed by atoms with Gasteiger partial charge in [0.05, 0.1) is 0 Å². The summed E-state index contributed by atoms with van der Waals surface area (Å²) in [4.78, 5) is 27.7. The number of amides is 2. The smallest absolute Gasteiger partial charge is 0.410 e. The summed E-state index contributed by atoms with van der Waals surface area (Å²) in [6, 6.07) is 0.345. The first-order valence-corrected chi connectivity index (χ1v) is 8.67. The first-order valence-electron chi connectivity index (χ1n) is 8.13. The number of hydrogen-bond donors (Lipinski definition) is 0. The largest absolute Gasteiger partial charge is 0.444 e. The average Bonchev–Trinajstić information content (AvgIpc) is 3.27. The number of carbonyl (C=O) groups is 2. The van der Waals surface area contributed by atoms with Crippen molar-refractivity contribution in [2.45, 2.75) is 58.1 Å². The van der Waals surface area contributed by atoms with Crippen molar-refractivity contribution in [3.63, 3.8) is 0 Å². The molecule has 1 aliphatic carbocycles. The van der Waals surface area contributed by atoms with Gasteiger partial charge in [-0.25, -0.2) is 4.79 Å². The first-order chi connectivity index (χ1) is 10.3. The molecule has 0 aromatic heterocycles. The van der Waals surface area contributed by atoms with E-state index in [0.29, 0.717) is 12.0 Å². The highest BCUT2D eigenvalue weighted by atomic mass is 35.5. The molecule has 0 atom stereocenters. The maximum atomic E-state index is 12.4. The van der Waals surface area contributed by atoms with Crippen LogP contribution in [0.1, 0.15) is 46.5 Å². The van der Waals surface area contributed by atoms with Crippen LogP contribution in [0.5, 0.6) is 0 Å². The van der Waals surface area contributed by atoms with Gasteiger partial charge < -0.3 is 14.5 Å². The van der Waals surface area contributed by atoms with Crippen molar-refractivity contribution in [1.29, 1.82) is 0 Å². The molecule has 1 aliphatic heterocycles. The summed E-state index contributed by atoms with van der Waals surface area (Å²) >= 11 is 5.60. The summed E-state index contributed by atoms with van der Waals surface area (Å²) in [5.41, 5.74) is -0.458. The predicted octanol–water partition coefficient (Wildman–Crippen LogP) is 2.86. The van der Waals surface area contributed by atoms with Gasteiger partial charge in [0, 0.05) is 25.7 Å². The van der Waals surface area contributed by atoms with E-state index >= 15 is 0 Å². The molecule has 1 saturated carbocycles. The molecule has 5 nitrogen and oxygen atoms in total. The zero-order valence-electron chi connectivity index (χ0n) is 13.8. The Hall–Kier alpha value is -0.970. The highest BCUT2D eigenvalue weighted by Gasteiger charge is 2.37. The SMILES string of the molecule is CC(C)(C)OC(=O)N(CC1CCN(C(=O)CCl)CC1)C1CC1. The minimum absolute atomic E-state index is 0.00584. The maximum Gasteiger partial charge on any atom is 0.410 e. The topological polar surface area (TPSA) is 49.9 Å². The normalized spacial score (nSPS) is 19.9. The molecule has 0 bridgehead atoms. The lowest BCUT2D eigenvalue weighted by molar-refractivity contribution is -0.129. The Morgan fingerprint density at radius 1 is 1.18 bits per heavy atom. The van der Waals surface area contributed by atoms with Crippen molar-refractivity contribution in [2.75, 3.05) is 25.5 Å². The van der Waals surface area contributed by atoms with E-state index < -0.39 is 5.60 Å². The van der Waals surface area contributed by atoms with Crippen LogP contribution in [0.4, 0.5) is 4.79 Å². The number of hydrogen-bond acceptors (Lipinski definition) is 3. The summed E-state index contributed by atoms with van der Waals surface area (Å²) in [6.45, 7) is 7.90. The number of likely N-dealkylation sites (tertiary alicyclic amines) is 1. The van der Waals surface area contributed by atoms with Gasteiger partial charge in [0.2, 0.25) is 5.91 Å². The molecule has 0 radical (unpaired) electrons. The van der Waals surface area contributed by atoms with Crippen LogP contribution in [-0.4, -0.2) is 59.0 Å². The van der Waals surface area contributed by atoms with Crippen LogP contribution in [0.15, 0.2) is 0 Å². The molecule has 0 N–H and O–H groups in total. The Bertz CT molecular complexity index is 410. The lowest BCUT2D eigenvalue weighted by Crippen LogP contribution is -2.45. The molecule has 0 aromatic carbocycles. The average molecular weight is 331 g/mol. The fraction of sp³-hybridized carbons (Fsp3) is 0.875. The molecule has 0 aromatic rings. The second kappa shape index (κ2) is 7.07. The number of nitrogens with zero attached hydrogens (tertiary/aromatic N) is 2. The van der Waals surface area contributed by atoms with E-state index in [1.165, 1.54) is 0 Å². The highest BCUT2D eigenvalue weighted by Crippen LogP contribution is 2.31. The number of piperidine rings is 1. The lowest BCUT2D eigenvalue weighted by atomic mass is 9.96. The molecule has 22 heavy (non-hydrogen) atoms. The zero-order chi connectivity index (χ0) is 16.3. The first kappa shape index (κ1) is 17.4. The van der Waals surface area contributed by atoms with E-state index in [0.717, 1.165) is 45.3 Å². The van der Waals surface area contributed by atoms with Crippen LogP contribution in [0.3, 0.4) is 0 Å². The van der Waals surface area contributed by atoms with Crippen molar-refractivity contribution in [1.82, 2.24) is 9.80 Å². The van der Waals surface area contributed by atoms with Gasteiger partial charge in [0.25, 0.3) is 0 Å². The molecule has 6 heteroatoms. The van der Waals surface area contributed by atoms with Crippen molar-refractivity contribution in [3.8, 4) is 0 Å². The standard InChI is InChI=1S/C16H27ClN2O3/c1-16(2,3)22-15(21)19(13-4-5-13)11-12-6-8-18(9-7-12)14(20)10-17/h12-13H,4-11H2,1-3H3. The quantitative estimate of drug-likeness (QED) is 0.745. The van der Waals surface area contributed by atoms with E-state index in [2.05, 4.69) is 0 Å². The molecule has 2 amide bonds. The third kappa shape index (κ3) is 5.04. The van der Waals surface area contributed by atoms with E-state index in [-0.39, 0.29) is 17.9 Å². The van der Waals surface area contributed by atoms with E-state index in [1.54, 1.807) is 0 Å². The van der Waals surface area contributed by atoms with Gasteiger partial charge in [-0.2, -0.15) is 0 Å². The Morgan fingerprint density at radius 2 is 1.77 bits per heavy atom. The summed E-state index contributed by atoms with van der Waals surface area (Å²) in [5.74, 6) is 0.496. The minimum Gasteiger partial charge on any atom is -0.444 e. The molecule has 126 valence electrons. The Morgan fingerprint density at radius 3 is 2.23 bits per heavy atom. The van der Waals surface area contributed by atoms with E-state index in [9.17, 15) is 9.59 Å². The van der Waals surface area contributed by atoms with Crippen LogP contribution in [0.2, 0.25) is 0 Å². The third-order valence-electron chi connectivity index (χ3n) is 4.15. The monoisotopic (exact) mass is 330 g/mol. The number of carbonyl (C=O) groups excluding carboxylic acids is 2. The van der Waals surface area contributed by atoms with Crippen LogP contribution in [0, 0.1) is 5.92 Å². The van der Waals surface area contributed by atoms with Crippen molar-refractivity contribution in [2.24, 2.45) is 5.92 Å². The van der Waals surface area contributed by atoms with Crippen LogP contribution in [0.25, 0.3) is 0 Å². The van der Waals surface area contributed by atoms with Crippen LogP contribution < -0.4 is 0 Å². The molecule has 0 unspecified atom stereocenters. The summed E-state index contributed by atoms with van der Waals surface area (Å²) in [5, 5.41) is 0. The number of halogens is 1. The van der Waals surface area contributed by atoms with Gasteiger partial charge in [-0.3, -0.25) is 4.79 Å². The lowest BCUT2D eigenvalue weighted by Gasteiger charge is -2.35. The predicted molar refractivity (Wildman–Crippen MR) is 86.0 cm³/mol. The second-order valence-electron chi connectivity index (χ2n) is 7.32. The number of ether oxygens (including phenoxy) is 1. The molecule has 2 aliphatic rings. The number of rotatable bonds is 4. The summed E-state index contributed by atoms with van der Waals surface area (Å²) < 4.78 is 5.52. The second-order valence-corrected chi connectivity index (χ2v) is 7.59. The molecular formula is C16H27ClN2O3. The third-order valence-corrected chi connectivity index (χ3v) is 4.38. The fourth-order valence-corrected chi connectivity index (χ4v) is 2.98. The Kier molecular flexibility index (Phi) is 5.59. The molecular weight excluding hydrogens is 304 g/mol. The fourth-order valence-electron chi connectivity index (χ4n) is 2.81. The molecule has 1 heterocycles. The van der Waals surface area contributed by atoms with Gasteiger partial charge in [-0.05, 0) is 52.4 Å². The molecule has 2 rings (SSSR count). The maximum absolute atomic E-state index is 12.4. The molecule has 0 spiro atoms. The zero-order valence-corrected chi connectivity index (χ0v) is 14.6. The van der Waals surface area contributed by atoms with Crippen LogP contribution in [-0.2, 0) is 9.53 Å². The Balaban J connectivity index is 1.85. The van der Waals surface area contributed by atoms with E-state index in [1.807, 2.05) is 30.6 Å². The summed E-state index contributed by atoms with van der Waals surface area (Å²) in [6.07, 6.45) is 3.80. The van der Waals surface area contributed by atoms with Gasteiger partial charge in [0.15, 0.2) is 0 Å². The van der Waals surface area contributed by atoms with Crippen LogP contribution >= 0.6 is 11.6 Å². The van der Waals surface area contributed by atoms with Gasteiger partial charge in [0.1, 0.15) is 11.5 Å². The number of alkyl halides is 1. The van der Waals surface area contributed by atoms with Gasteiger partial charge in [-0.1, -0.05) is 0 Å². The van der Waals surface area contributed by atoms with Crippen molar-refractivity contribution < 1.29 is 14.3 Å². The highest BCUT2D eigenvalue weighted by molar-refractivity contribution is 6.27. The minimum atomic E-state index is -0.458. The van der Waals surface area contributed by atoms with Gasteiger partial charge in [-0.15, -0.1) is 11.6 Å². The summed E-state index contributed by atoms with van der Waals surface area (Å²) in [7, 11) is 0. The van der Waals surface area contributed by atoms with Gasteiger partial charge >= 0.3 is 6.09 Å². The van der Waals surface area contributed by atoms with Crippen molar-refractivity contribution in [3.05, 3.63) is 0 Å². The molecule has 1 saturated heterocycles.